The average molecular weight is 195 g/mol. The molecule has 0 aliphatic carbocycles. The molecule has 2 nitrogen and oxygen atoms in total. The molecule has 1 fully saturated rings. The van der Waals surface area contributed by atoms with Crippen molar-refractivity contribution in [3.63, 3.8) is 0 Å². The molecule has 1 rings (SSSR count). The highest BCUT2D eigenvalue weighted by Crippen LogP contribution is 2.34. The largest absolute Gasteiger partial charge is 0.319 e. The van der Waals surface area contributed by atoms with Gasteiger partial charge in [-0.2, -0.15) is 0 Å². The number of rotatable bonds is 2. The zero-order valence-electron chi connectivity index (χ0n) is 9.55. The molecule has 0 saturated carbocycles. The Morgan fingerprint density at radius 3 is 2.79 bits per heavy atom. The van der Waals surface area contributed by atoms with Gasteiger partial charge in [0.1, 0.15) is 0 Å². The molecule has 0 bridgehead atoms. The van der Waals surface area contributed by atoms with Gasteiger partial charge in [0.05, 0.1) is 0 Å². The van der Waals surface area contributed by atoms with Gasteiger partial charge in [0.2, 0.25) is 5.91 Å². The van der Waals surface area contributed by atoms with Crippen LogP contribution in [0.4, 0.5) is 0 Å². The molecule has 1 atom stereocenters. The van der Waals surface area contributed by atoms with Crippen molar-refractivity contribution in [2.75, 3.05) is 6.54 Å². The van der Waals surface area contributed by atoms with Crippen LogP contribution in [0.3, 0.4) is 0 Å². The Bertz CT molecular complexity index is 232. The summed E-state index contributed by atoms with van der Waals surface area (Å²) in [5.41, 5.74) is 0.148. The molecule has 1 amide bonds. The third-order valence-electron chi connectivity index (χ3n) is 3.04. The highest BCUT2D eigenvalue weighted by Gasteiger charge is 2.32. The molecule has 0 aromatic carbocycles. The lowest BCUT2D eigenvalue weighted by Gasteiger charge is -2.24. The van der Waals surface area contributed by atoms with Gasteiger partial charge >= 0.3 is 0 Å². The van der Waals surface area contributed by atoms with Crippen molar-refractivity contribution in [3.8, 4) is 0 Å². The lowest BCUT2D eigenvalue weighted by Crippen LogP contribution is -2.28. The van der Waals surface area contributed by atoms with E-state index in [0.717, 1.165) is 19.4 Å². The van der Waals surface area contributed by atoms with Crippen molar-refractivity contribution >= 4 is 5.91 Å². The molecule has 2 heteroatoms. The first-order valence-electron chi connectivity index (χ1n) is 5.40. The molecule has 1 aliphatic heterocycles. The molecule has 0 spiro atoms. The summed E-state index contributed by atoms with van der Waals surface area (Å²) in [6, 6.07) is 0. The fourth-order valence-corrected chi connectivity index (χ4v) is 2.26. The van der Waals surface area contributed by atoms with Gasteiger partial charge in [-0.1, -0.05) is 33.8 Å². The number of amides is 1. The summed E-state index contributed by atoms with van der Waals surface area (Å²) < 4.78 is 0. The minimum Gasteiger partial charge on any atom is -0.319 e. The number of carbonyl (C=O) groups excluding carboxylic acids is 1. The minimum atomic E-state index is 0.148. The van der Waals surface area contributed by atoms with Crippen LogP contribution < -0.4 is 0 Å². The first kappa shape index (κ1) is 11.3. The number of nitrogens with zero attached hydrogens (tertiary/aromatic N) is 1. The van der Waals surface area contributed by atoms with Crippen molar-refractivity contribution in [2.45, 2.75) is 40.0 Å². The van der Waals surface area contributed by atoms with E-state index in [1.54, 1.807) is 11.1 Å². The Hall–Kier alpha value is -0.790. The van der Waals surface area contributed by atoms with Crippen molar-refractivity contribution in [1.29, 1.82) is 0 Å². The van der Waals surface area contributed by atoms with Crippen LogP contribution in [0.1, 0.15) is 40.0 Å². The molecule has 14 heavy (non-hydrogen) atoms. The predicted octanol–water partition coefficient (Wildman–Crippen LogP) is 2.80. The van der Waals surface area contributed by atoms with Gasteiger partial charge in [-0.3, -0.25) is 4.79 Å². The van der Waals surface area contributed by atoms with Crippen LogP contribution in [0, 0.1) is 11.3 Å². The summed E-state index contributed by atoms with van der Waals surface area (Å²) in [4.78, 5) is 13.6. The minimum absolute atomic E-state index is 0.148. The van der Waals surface area contributed by atoms with Gasteiger partial charge < -0.3 is 4.90 Å². The third-order valence-corrected chi connectivity index (χ3v) is 3.04. The van der Waals surface area contributed by atoms with Gasteiger partial charge in [0.15, 0.2) is 0 Å². The fraction of sp³-hybridized carbons (Fsp3) is 0.750. The molecule has 0 aromatic heterocycles. The monoisotopic (exact) mass is 195 g/mol. The number of hydrogen-bond donors (Lipinski definition) is 0. The van der Waals surface area contributed by atoms with Crippen LogP contribution in [-0.4, -0.2) is 17.4 Å². The number of likely N-dealkylation sites (tertiary alicyclic amines) is 1. The average Bonchev–Trinajstić information content (AvgIpc) is 2.20. The van der Waals surface area contributed by atoms with Crippen molar-refractivity contribution in [1.82, 2.24) is 4.90 Å². The molecule has 1 aliphatic rings. The molecule has 1 heterocycles. The molecular weight excluding hydrogens is 174 g/mol. The summed E-state index contributed by atoms with van der Waals surface area (Å²) in [5.74, 6) is 0.843. The van der Waals surface area contributed by atoms with E-state index >= 15 is 0 Å². The zero-order valence-corrected chi connectivity index (χ0v) is 9.55. The van der Waals surface area contributed by atoms with Crippen LogP contribution in [0.5, 0.6) is 0 Å². The number of carbonyl (C=O) groups is 1. The van der Waals surface area contributed by atoms with Crippen molar-refractivity contribution in [3.05, 3.63) is 12.8 Å². The second kappa shape index (κ2) is 4.16. The van der Waals surface area contributed by atoms with E-state index in [1.807, 2.05) is 0 Å². The highest BCUT2D eigenvalue weighted by molar-refractivity contribution is 5.78. The molecule has 0 aromatic rings. The van der Waals surface area contributed by atoms with Gasteiger partial charge in [-0.15, -0.1) is 0 Å². The van der Waals surface area contributed by atoms with E-state index in [0.29, 0.717) is 12.3 Å². The smallest absolute Gasteiger partial charge is 0.227 e. The maximum absolute atomic E-state index is 11.8. The third kappa shape index (κ3) is 2.60. The van der Waals surface area contributed by atoms with E-state index in [1.165, 1.54) is 0 Å². The molecule has 0 N–H and O–H groups in total. The predicted molar refractivity (Wildman–Crippen MR) is 58.7 cm³/mol. The van der Waals surface area contributed by atoms with Gasteiger partial charge in [-0.25, -0.2) is 0 Å². The Labute approximate surface area is 87.0 Å². The normalized spacial score (nSPS) is 27.2. The molecule has 1 saturated heterocycles. The quantitative estimate of drug-likeness (QED) is 0.663. The van der Waals surface area contributed by atoms with Crippen LogP contribution in [0.2, 0.25) is 0 Å². The fourth-order valence-electron chi connectivity index (χ4n) is 2.26. The molecular formula is C12H21NO. The Balaban J connectivity index is 2.81. The number of hydrogen-bond acceptors (Lipinski definition) is 1. The molecule has 0 radical (unpaired) electrons. The maximum Gasteiger partial charge on any atom is 0.227 e. The van der Waals surface area contributed by atoms with E-state index in [9.17, 15) is 4.79 Å². The second-order valence-electron chi connectivity index (χ2n) is 5.05. The Morgan fingerprint density at radius 2 is 2.29 bits per heavy atom. The SMILES string of the molecule is C=CN1CC(CC)CC(C)(C)CC1=O. The van der Waals surface area contributed by atoms with Crippen LogP contribution in [0.25, 0.3) is 0 Å². The molecule has 1 unspecified atom stereocenters. The highest BCUT2D eigenvalue weighted by atomic mass is 16.2. The van der Waals surface area contributed by atoms with Crippen LogP contribution in [0.15, 0.2) is 12.8 Å². The van der Waals surface area contributed by atoms with Gasteiger partial charge in [-0.05, 0) is 24.0 Å². The summed E-state index contributed by atoms with van der Waals surface area (Å²) in [7, 11) is 0. The Kier molecular flexibility index (Phi) is 3.35. The van der Waals surface area contributed by atoms with Crippen LogP contribution in [-0.2, 0) is 4.79 Å². The van der Waals surface area contributed by atoms with E-state index in [4.69, 9.17) is 0 Å². The Morgan fingerprint density at radius 1 is 1.64 bits per heavy atom. The zero-order chi connectivity index (χ0) is 10.8. The lowest BCUT2D eigenvalue weighted by atomic mass is 9.80. The van der Waals surface area contributed by atoms with Crippen molar-refractivity contribution in [2.24, 2.45) is 11.3 Å². The summed E-state index contributed by atoms with van der Waals surface area (Å²) in [5, 5.41) is 0. The van der Waals surface area contributed by atoms with E-state index < -0.39 is 0 Å². The maximum atomic E-state index is 11.8. The van der Waals surface area contributed by atoms with Gasteiger partial charge in [0.25, 0.3) is 0 Å². The van der Waals surface area contributed by atoms with E-state index in [-0.39, 0.29) is 11.3 Å². The first-order chi connectivity index (χ1) is 6.48. The van der Waals surface area contributed by atoms with Crippen LogP contribution >= 0.6 is 0 Å². The first-order valence-corrected chi connectivity index (χ1v) is 5.40. The lowest BCUT2D eigenvalue weighted by molar-refractivity contribution is -0.129. The van der Waals surface area contributed by atoms with Gasteiger partial charge in [0, 0.05) is 13.0 Å². The molecule has 80 valence electrons. The summed E-state index contributed by atoms with van der Waals surface area (Å²) in [6.45, 7) is 11.1. The summed E-state index contributed by atoms with van der Waals surface area (Å²) >= 11 is 0. The summed E-state index contributed by atoms with van der Waals surface area (Å²) in [6.07, 6.45) is 4.60. The second-order valence-corrected chi connectivity index (χ2v) is 5.05. The van der Waals surface area contributed by atoms with E-state index in [2.05, 4.69) is 27.4 Å². The van der Waals surface area contributed by atoms with Crippen molar-refractivity contribution < 1.29 is 4.79 Å². The standard InChI is InChI=1S/C12H21NO/c1-5-10-7-12(3,4)8-11(14)13(6-2)9-10/h6,10H,2,5,7-9H2,1,3-4H3. The topological polar surface area (TPSA) is 20.3 Å².